The molecule has 0 bridgehead atoms. The molecule has 0 aromatic carbocycles. The van der Waals surface area contributed by atoms with E-state index in [0.29, 0.717) is 6.42 Å². The first-order valence-electron chi connectivity index (χ1n) is 8.14. The third kappa shape index (κ3) is 6.71. The monoisotopic (exact) mass is 286 g/mol. The van der Waals surface area contributed by atoms with Gasteiger partial charge < -0.3 is 15.3 Å². The minimum atomic E-state index is -0.808. The highest BCUT2D eigenvalue weighted by atomic mass is 16.4. The van der Waals surface area contributed by atoms with E-state index >= 15 is 0 Å². The van der Waals surface area contributed by atoms with Crippen LogP contribution < -0.4 is 5.32 Å². The van der Waals surface area contributed by atoms with E-state index in [9.17, 15) is 9.90 Å². The fraction of sp³-hybridized carbons (Fsp3) is 0.938. The predicted octanol–water partition coefficient (Wildman–Crippen LogP) is 2.98. The number of carbonyl (C=O) groups is 1. The van der Waals surface area contributed by atoms with Crippen LogP contribution in [0.3, 0.4) is 0 Å². The molecule has 0 radical (unpaired) electrons. The van der Waals surface area contributed by atoms with Gasteiger partial charge in [-0.15, -0.1) is 0 Å². The zero-order valence-corrected chi connectivity index (χ0v) is 14.0. The summed E-state index contributed by atoms with van der Waals surface area (Å²) < 4.78 is 0. The Hall–Kier alpha value is -0.610. The molecule has 1 atom stereocenters. The average Bonchev–Trinajstić information content (AvgIpc) is 2.45. The van der Waals surface area contributed by atoms with Crippen molar-refractivity contribution in [1.82, 2.24) is 10.2 Å². The Kier molecular flexibility index (Phi) is 9.86. The molecule has 0 fully saturated rings. The lowest BCUT2D eigenvalue weighted by atomic mass is 9.96. The van der Waals surface area contributed by atoms with Gasteiger partial charge in [0.1, 0.15) is 5.54 Å². The van der Waals surface area contributed by atoms with Crippen LogP contribution in [0.25, 0.3) is 0 Å². The second-order valence-electron chi connectivity index (χ2n) is 5.89. The molecule has 0 saturated heterocycles. The molecule has 0 aliphatic rings. The molecule has 0 aromatic rings. The summed E-state index contributed by atoms with van der Waals surface area (Å²) in [7, 11) is 0. The Balaban J connectivity index is 4.45. The Morgan fingerprint density at radius 3 is 2.25 bits per heavy atom. The number of carboxylic acid groups (broad SMARTS) is 1. The smallest absolute Gasteiger partial charge is 0.323 e. The normalized spacial score (nSPS) is 14.8. The van der Waals surface area contributed by atoms with Crippen LogP contribution in [0.5, 0.6) is 0 Å². The largest absolute Gasteiger partial charge is 0.480 e. The van der Waals surface area contributed by atoms with Crippen molar-refractivity contribution < 1.29 is 9.90 Å². The van der Waals surface area contributed by atoms with E-state index in [4.69, 9.17) is 0 Å². The number of hydrogen-bond acceptors (Lipinski definition) is 3. The molecule has 0 spiro atoms. The molecular formula is C16H34N2O2. The minimum absolute atomic E-state index is 0.649. The zero-order valence-electron chi connectivity index (χ0n) is 14.0. The summed E-state index contributed by atoms with van der Waals surface area (Å²) in [6.07, 6.45) is 3.99. The summed E-state index contributed by atoms with van der Waals surface area (Å²) in [6.45, 7) is 14.1. The van der Waals surface area contributed by atoms with E-state index in [2.05, 4.69) is 37.9 Å². The molecule has 0 aliphatic heterocycles. The van der Waals surface area contributed by atoms with Gasteiger partial charge in [-0.3, -0.25) is 4.79 Å². The van der Waals surface area contributed by atoms with E-state index in [1.165, 1.54) is 12.8 Å². The van der Waals surface area contributed by atoms with Crippen LogP contribution in [0.15, 0.2) is 0 Å². The Morgan fingerprint density at radius 1 is 1.25 bits per heavy atom. The van der Waals surface area contributed by atoms with Crippen LogP contribution in [-0.2, 0) is 4.79 Å². The summed E-state index contributed by atoms with van der Waals surface area (Å²) in [5.74, 6) is -0.0285. The van der Waals surface area contributed by atoms with Gasteiger partial charge in [-0.1, -0.05) is 40.5 Å². The third-order valence-corrected chi connectivity index (χ3v) is 4.28. The first kappa shape index (κ1) is 19.4. The minimum Gasteiger partial charge on any atom is -0.480 e. The van der Waals surface area contributed by atoms with Crippen molar-refractivity contribution in [3.8, 4) is 0 Å². The molecular weight excluding hydrogens is 252 g/mol. The molecule has 20 heavy (non-hydrogen) atoms. The van der Waals surface area contributed by atoms with Crippen LogP contribution in [0.4, 0.5) is 0 Å². The van der Waals surface area contributed by atoms with Gasteiger partial charge >= 0.3 is 5.97 Å². The lowest BCUT2D eigenvalue weighted by Gasteiger charge is -2.31. The molecule has 2 N–H and O–H groups in total. The maximum Gasteiger partial charge on any atom is 0.323 e. The molecule has 0 aliphatic carbocycles. The van der Waals surface area contributed by atoms with Gasteiger partial charge in [0.15, 0.2) is 0 Å². The summed E-state index contributed by atoms with van der Waals surface area (Å²) in [5.41, 5.74) is -0.808. The van der Waals surface area contributed by atoms with Crippen molar-refractivity contribution in [2.45, 2.75) is 65.8 Å². The fourth-order valence-electron chi connectivity index (χ4n) is 2.34. The van der Waals surface area contributed by atoms with Crippen LogP contribution in [-0.4, -0.2) is 47.7 Å². The van der Waals surface area contributed by atoms with E-state index in [0.717, 1.165) is 38.5 Å². The van der Waals surface area contributed by atoms with Crippen molar-refractivity contribution in [1.29, 1.82) is 0 Å². The van der Waals surface area contributed by atoms with Crippen LogP contribution >= 0.6 is 0 Å². The fourth-order valence-corrected chi connectivity index (χ4v) is 2.34. The Labute approximate surface area is 124 Å². The number of hydrogen-bond donors (Lipinski definition) is 2. The SMILES string of the molecule is CCCNC(C)(CCN(CC)CC(CC)CC)C(=O)O. The number of nitrogens with zero attached hydrogens (tertiary/aromatic N) is 1. The number of rotatable bonds is 12. The first-order chi connectivity index (χ1) is 9.43. The molecule has 4 heteroatoms. The molecule has 120 valence electrons. The number of carboxylic acids is 1. The highest BCUT2D eigenvalue weighted by molar-refractivity contribution is 5.78. The van der Waals surface area contributed by atoms with Crippen molar-refractivity contribution in [3.05, 3.63) is 0 Å². The summed E-state index contributed by atoms with van der Waals surface area (Å²) >= 11 is 0. The molecule has 0 saturated carbocycles. The second kappa shape index (κ2) is 10.2. The Bertz CT molecular complexity index is 267. The van der Waals surface area contributed by atoms with Gasteiger partial charge in [-0.25, -0.2) is 0 Å². The summed E-state index contributed by atoms with van der Waals surface area (Å²) in [6, 6.07) is 0. The molecule has 1 unspecified atom stereocenters. The molecule has 4 nitrogen and oxygen atoms in total. The van der Waals surface area contributed by atoms with Gasteiger partial charge in [0.25, 0.3) is 0 Å². The molecule has 0 amide bonds. The lowest BCUT2D eigenvalue weighted by molar-refractivity contribution is -0.144. The maximum atomic E-state index is 11.5. The van der Waals surface area contributed by atoms with Gasteiger partial charge in [0.2, 0.25) is 0 Å². The average molecular weight is 286 g/mol. The number of nitrogens with one attached hydrogen (secondary N) is 1. The molecule has 0 rings (SSSR count). The number of aliphatic carboxylic acids is 1. The maximum absolute atomic E-state index is 11.5. The van der Waals surface area contributed by atoms with Gasteiger partial charge in [0, 0.05) is 13.1 Å². The van der Waals surface area contributed by atoms with Crippen molar-refractivity contribution in [2.24, 2.45) is 5.92 Å². The second-order valence-corrected chi connectivity index (χ2v) is 5.89. The highest BCUT2D eigenvalue weighted by Crippen LogP contribution is 2.14. The van der Waals surface area contributed by atoms with E-state index in [1.807, 2.05) is 0 Å². The standard InChI is InChI=1S/C16H34N2O2/c1-6-11-17-16(5,15(19)20)10-12-18(9-4)13-14(7-2)8-3/h14,17H,6-13H2,1-5H3,(H,19,20). The van der Waals surface area contributed by atoms with Crippen molar-refractivity contribution in [2.75, 3.05) is 26.2 Å². The highest BCUT2D eigenvalue weighted by Gasteiger charge is 2.32. The van der Waals surface area contributed by atoms with Crippen LogP contribution in [0.1, 0.15) is 60.3 Å². The van der Waals surface area contributed by atoms with Crippen molar-refractivity contribution in [3.63, 3.8) is 0 Å². The van der Waals surface area contributed by atoms with E-state index in [1.54, 1.807) is 6.92 Å². The van der Waals surface area contributed by atoms with Gasteiger partial charge in [0.05, 0.1) is 0 Å². The van der Waals surface area contributed by atoms with E-state index < -0.39 is 11.5 Å². The summed E-state index contributed by atoms with van der Waals surface area (Å²) in [5, 5.41) is 12.6. The van der Waals surface area contributed by atoms with Crippen LogP contribution in [0, 0.1) is 5.92 Å². The van der Waals surface area contributed by atoms with Gasteiger partial charge in [-0.2, -0.15) is 0 Å². The van der Waals surface area contributed by atoms with E-state index in [-0.39, 0.29) is 0 Å². The zero-order chi connectivity index (χ0) is 15.6. The Morgan fingerprint density at radius 2 is 1.85 bits per heavy atom. The van der Waals surface area contributed by atoms with Crippen molar-refractivity contribution >= 4 is 5.97 Å². The molecule has 0 aromatic heterocycles. The van der Waals surface area contributed by atoms with Gasteiger partial charge in [-0.05, 0) is 38.8 Å². The first-order valence-corrected chi connectivity index (χ1v) is 8.14. The third-order valence-electron chi connectivity index (χ3n) is 4.28. The quantitative estimate of drug-likeness (QED) is 0.579. The molecule has 0 heterocycles. The predicted molar refractivity (Wildman–Crippen MR) is 85.1 cm³/mol. The lowest BCUT2D eigenvalue weighted by Crippen LogP contribution is -2.51. The van der Waals surface area contributed by atoms with Crippen LogP contribution in [0.2, 0.25) is 0 Å². The summed E-state index contributed by atoms with van der Waals surface area (Å²) in [4.78, 5) is 13.9. The topological polar surface area (TPSA) is 52.6 Å².